The minimum absolute atomic E-state index is 0. The van der Waals surface area contributed by atoms with Crippen LogP contribution in [0.15, 0.2) is 12.1 Å². The fourth-order valence-corrected chi connectivity index (χ4v) is 2.36. The van der Waals surface area contributed by atoms with Gasteiger partial charge in [0, 0.05) is 17.5 Å². The summed E-state index contributed by atoms with van der Waals surface area (Å²) < 4.78 is 9.81. The molecule has 8 heteroatoms. The first-order valence-electron chi connectivity index (χ1n) is 5.67. The van der Waals surface area contributed by atoms with Gasteiger partial charge in [0.15, 0.2) is 0 Å². The van der Waals surface area contributed by atoms with Crippen molar-refractivity contribution in [1.82, 2.24) is 4.98 Å². The lowest BCUT2D eigenvalue weighted by molar-refractivity contribution is 0.0596. The molecular weight excluding hydrogens is 339 g/mol. The molecule has 0 atom stereocenters. The minimum atomic E-state index is -0.545. The molecule has 2 N–H and O–H groups in total. The van der Waals surface area contributed by atoms with Crippen LogP contribution in [-0.2, 0) is 11.3 Å². The summed E-state index contributed by atoms with van der Waals surface area (Å²) in [6.07, 6.45) is 0. The number of nitrogens with zero attached hydrogens (tertiary/aromatic N) is 1. The van der Waals surface area contributed by atoms with Gasteiger partial charge in [-0.2, -0.15) is 0 Å². The van der Waals surface area contributed by atoms with Crippen molar-refractivity contribution in [2.45, 2.75) is 6.54 Å². The number of hydrogen-bond donors (Lipinski definition) is 1. The lowest BCUT2D eigenvalue weighted by Crippen LogP contribution is -2.07. The van der Waals surface area contributed by atoms with Gasteiger partial charge in [-0.15, -0.1) is 12.4 Å². The normalized spacial score (nSPS) is 10.1. The van der Waals surface area contributed by atoms with Crippen molar-refractivity contribution in [3.8, 4) is 5.88 Å². The fourth-order valence-electron chi connectivity index (χ4n) is 1.91. The average molecular weight is 352 g/mol. The summed E-state index contributed by atoms with van der Waals surface area (Å²) >= 11 is 12.2. The van der Waals surface area contributed by atoms with Gasteiger partial charge in [0.1, 0.15) is 5.56 Å². The van der Waals surface area contributed by atoms with E-state index in [1.807, 2.05) is 0 Å². The van der Waals surface area contributed by atoms with Gasteiger partial charge in [0.05, 0.1) is 29.8 Å². The molecular formula is C13H13Cl3N2O3. The van der Waals surface area contributed by atoms with Crippen LogP contribution in [0.25, 0.3) is 10.9 Å². The number of ether oxygens (including phenoxy) is 2. The van der Waals surface area contributed by atoms with E-state index in [0.717, 1.165) is 0 Å². The maximum Gasteiger partial charge on any atom is 0.343 e. The van der Waals surface area contributed by atoms with E-state index in [1.165, 1.54) is 14.2 Å². The van der Waals surface area contributed by atoms with Crippen LogP contribution in [0.5, 0.6) is 5.88 Å². The Morgan fingerprint density at radius 1 is 1.33 bits per heavy atom. The number of carbonyl (C=O) groups excluding carboxylic acids is 1. The molecule has 2 rings (SSSR count). The molecule has 0 spiro atoms. The number of hydrogen-bond acceptors (Lipinski definition) is 5. The highest BCUT2D eigenvalue weighted by atomic mass is 35.5. The van der Waals surface area contributed by atoms with E-state index in [4.69, 9.17) is 38.4 Å². The summed E-state index contributed by atoms with van der Waals surface area (Å²) in [6.45, 7) is 0.170. The van der Waals surface area contributed by atoms with Crippen LogP contribution in [0.4, 0.5) is 0 Å². The maximum atomic E-state index is 11.7. The summed E-state index contributed by atoms with van der Waals surface area (Å²) in [5.74, 6) is -0.394. The number of fused-ring (bicyclic) bond motifs is 1. The summed E-state index contributed by atoms with van der Waals surface area (Å²) in [5, 5.41) is 1.34. The topological polar surface area (TPSA) is 74.4 Å². The van der Waals surface area contributed by atoms with Gasteiger partial charge in [-0.25, -0.2) is 9.78 Å². The molecule has 1 heterocycles. The Morgan fingerprint density at radius 2 is 2.00 bits per heavy atom. The van der Waals surface area contributed by atoms with Crippen LogP contribution in [-0.4, -0.2) is 25.2 Å². The van der Waals surface area contributed by atoms with Crippen molar-refractivity contribution in [2.75, 3.05) is 14.2 Å². The highest BCUT2D eigenvalue weighted by Crippen LogP contribution is 2.34. The van der Waals surface area contributed by atoms with Crippen molar-refractivity contribution in [1.29, 1.82) is 0 Å². The molecule has 0 saturated heterocycles. The Balaban J connectivity index is 0.00000220. The van der Waals surface area contributed by atoms with Crippen LogP contribution < -0.4 is 10.5 Å². The van der Waals surface area contributed by atoms with E-state index in [-0.39, 0.29) is 30.4 Å². The van der Waals surface area contributed by atoms with Crippen LogP contribution in [0.1, 0.15) is 15.9 Å². The van der Waals surface area contributed by atoms with Crippen LogP contribution in [0, 0.1) is 0 Å². The molecule has 0 aliphatic rings. The van der Waals surface area contributed by atoms with Gasteiger partial charge in [-0.05, 0) is 12.1 Å². The van der Waals surface area contributed by atoms with E-state index in [9.17, 15) is 4.79 Å². The molecule has 0 fully saturated rings. The third-order valence-electron chi connectivity index (χ3n) is 2.86. The quantitative estimate of drug-likeness (QED) is 0.859. The monoisotopic (exact) mass is 350 g/mol. The van der Waals surface area contributed by atoms with Gasteiger partial charge in [-0.1, -0.05) is 23.2 Å². The smallest absolute Gasteiger partial charge is 0.343 e. The first kappa shape index (κ1) is 17.8. The van der Waals surface area contributed by atoms with Crippen molar-refractivity contribution < 1.29 is 14.3 Å². The van der Waals surface area contributed by atoms with E-state index in [1.54, 1.807) is 12.1 Å². The molecule has 0 radical (unpaired) electrons. The Kier molecular flexibility index (Phi) is 6.04. The largest absolute Gasteiger partial charge is 0.480 e. The molecule has 114 valence electrons. The summed E-state index contributed by atoms with van der Waals surface area (Å²) in [6, 6.07) is 3.21. The maximum absolute atomic E-state index is 11.7. The zero-order chi connectivity index (χ0) is 14.9. The Hall–Kier alpha value is -1.27. The summed E-state index contributed by atoms with van der Waals surface area (Å²) in [7, 11) is 2.70. The summed E-state index contributed by atoms with van der Waals surface area (Å²) in [4.78, 5) is 16.0. The third-order valence-corrected chi connectivity index (χ3v) is 3.69. The van der Waals surface area contributed by atoms with Crippen molar-refractivity contribution in [3.63, 3.8) is 0 Å². The average Bonchev–Trinajstić information content (AvgIpc) is 2.46. The highest BCUT2D eigenvalue weighted by molar-refractivity contribution is 6.43. The zero-order valence-corrected chi connectivity index (χ0v) is 13.6. The Morgan fingerprint density at radius 3 is 2.52 bits per heavy atom. The van der Waals surface area contributed by atoms with Crippen LogP contribution >= 0.6 is 35.6 Å². The van der Waals surface area contributed by atoms with Crippen molar-refractivity contribution >= 4 is 52.5 Å². The number of pyridine rings is 1. The second kappa shape index (κ2) is 7.13. The van der Waals surface area contributed by atoms with Gasteiger partial charge >= 0.3 is 5.97 Å². The molecule has 0 amide bonds. The molecule has 5 nitrogen and oxygen atoms in total. The number of esters is 1. The fraction of sp³-hybridized carbons (Fsp3) is 0.231. The number of methoxy groups -OCH3 is 2. The molecule has 2 aromatic rings. The zero-order valence-electron chi connectivity index (χ0n) is 11.3. The van der Waals surface area contributed by atoms with E-state index in [2.05, 4.69) is 4.98 Å². The highest BCUT2D eigenvalue weighted by Gasteiger charge is 2.19. The first-order valence-corrected chi connectivity index (χ1v) is 6.43. The number of benzene rings is 1. The molecule has 1 aromatic carbocycles. The second-order valence-corrected chi connectivity index (χ2v) is 4.75. The van der Waals surface area contributed by atoms with Crippen molar-refractivity contribution in [3.05, 3.63) is 33.3 Å². The molecule has 0 unspecified atom stereocenters. The molecule has 0 aliphatic heterocycles. The number of carbonyl (C=O) groups is 1. The lowest BCUT2D eigenvalue weighted by Gasteiger charge is -2.12. The van der Waals surface area contributed by atoms with Gasteiger partial charge in [-0.3, -0.25) is 0 Å². The van der Waals surface area contributed by atoms with Crippen LogP contribution in [0.2, 0.25) is 10.0 Å². The Labute approximate surface area is 137 Å². The predicted octanol–water partition coefficient (Wildman–Crippen LogP) is 3.22. The Bertz CT molecular complexity index is 692. The van der Waals surface area contributed by atoms with E-state index in [0.29, 0.717) is 26.5 Å². The van der Waals surface area contributed by atoms with Gasteiger partial charge in [0.25, 0.3) is 0 Å². The molecule has 0 saturated carbocycles. The predicted molar refractivity (Wildman–Crippen MR) is 84.8 cm³/mol. The lowest BCUT2D eigenvalue weighted by atomic mass is 10.1. The van der Waals surface area contributed by atoms with E-state index >= 15 is 0 Å². The number of aromatic nitrogens is 1. The minimum Gasteiger partial charge on any atom is -0.480 e. The second-order valence-electron chi connectivity index (χ2n) is 3.96. The number of rotatable bonds is 3. The SMILES string of the molecule is COC(=O)c1cc2cc(Cl)c(Cl)c(CN)c2nc1OC.Cl. The standard InChI is InChI=1S/C13H12Cl2N2O3.ClH/c1-19-12-7(13(18)20-2)3-6-4-9(14)10(15)8(5-16)11(6)17-12;/h3-4H,5,16H2,1-2H3;1H. The number of nitrogens with two attached hydrogens (primary N) is 1. The number of halogens is 3. The van der Waals surface area contributed by atoms with Gasteiger partial charge in [0.2, 0.25) is 5.88 Å². The van der Waals surface area contributed by atoms with Crippen molar-refractivity contribution in [2.24, 2.45) is 5.73 Å². The third kappa shape index (κ3) is 3.16. The molecule has 0 bridgehead atoms. The first-order chi connectivity index (χ1) is 9.53. The van der Waals surface area contributed by atoms with Gasteiger partial charge < -0.3 is 15.2 Å². The van der Waals surface area contributed by atoms with Crippen LogP contribution in [0.3, 0.4) is 0 Å². The molecule has 21 heavy (non-hydrogen) atoms. The van der Waals surface area contributed by atoms with E-state index < -0.39 is 5.97 Å². The molecule has 0 aliphatic carbocycles. The molecule has 1 aromatic heterocycles. The summed E-state index contributed by atoms with van der Waals surface area (Å²) in [5.41, 5.74) is 7.05.